The van der Waals surface area contributed by atoms with Crippen LogP contribution in [0.5, 0.6) is 5.75 Å². The van der Waals surface area contributed by atoms with Crippen LogP contribution >= 0.6 is 23.2 Å². The zero-order valence-corrected chi connectivity index (χ0v) is 17.0. The molecule has 1 heterocycles. The molecule has 1 aliphatic heterocycles. The van der Waals surface area contributed by atoms with E-state index in [9.17, 15) is 9.59 Å². The predicted molar refractivity (Wildman–Crippen MR) is 110 cm³/mol. The van der Waals surface area contributed by atoms with Crippen molar-refractivity contribution in [2.45, 2.75) is 6.92 Å². The topological polar surface area (TPSA) is 55.8 Å². The van der Waals surface area contributed by atoms with Crippen LogP contribution in [0, 0.1) is 0 Å². The smallest absolute Gasteiger partial charge is 0.340 e. The second-order valence-corrected chi connectivity index (χ2v) is 6.78. The van der Waals surface area contributed by atoms with E-state index in [0.29, 0.717) is 32.7 Å². The van der Waals surface area contributed by atoms with E-state index in [-0.39, 0.29) is 17.1 Å². The lowest BCUT2D eigenvalue weighted by Gasteiger charge is -2.18. The maximum atomic E-state index is 13.2. The Hall–Kier alpha value is -2.76. The lowest BCUT2D eigenvalue weighted by atomic mass is 10.0. The summed E-state index contributed by atoms with van der Waals surface area (Å²) in [5, 5.41) is 0.656. The highest BCUT2D eigenvalue weighted by molar-refractivity contribution is 6.43. The summed E-state index contributed by atoms with van der Waals surface area (Å²) in [7, 11) is 2.83. The molecule has 0 N–H and O–H groups in total. The van der Waals surface area contributed by atoms with E-state index < -0.39 is 5.97 Å². The third-order valence-corrected chi connectivity index (χ3v) is 5.24. The molecular formula is C21H17Cl2NO4. The van der Waals surface area contributed by atoms with Crippen LogP contribution in [0.2, 0.25) is 10.0 Å². The zero-order valence-electron chi connectivity index (χ0n) is 15.5. The van der Waals surface area contributed by atoms with Crippen LogP contribution in [0.1, 0.15) is 12.5 Å². The number of amides is 1. The molecule has 0 unspecified atom stereocenters. The summed E-state index contributed by atoms with van der Waals surface area (Å²) >= 11 is 12.3. The number of methoxy groups -OCH3 is 2. The molecule has 7 heteroatoms. The molecule has 0 fully saturated rings. The first kappa shape index (κ1) is 20.0. The van der Waals surface area contributed by atoms with E-state index in [1.807, 2.05) is 0 Å². The Morgan fingerprint density at radius 1 is 1.07 bits per heavy atom. The highest BCUT2D eigenvalue weighted by atomic mass is 35.5. The summed E-state index contributed by atoms with van der Waals surface area (Å²) in [5.41, 5.74) is 1.96. The largest absolute Gasteiger partial charge is 0.497 e. The summed E-state index contributed by atoms with van der Waals surface area (Å²) in [5.74, 6) is -0.308. The van der Waals surface area contributed by atoms with E-state index in [1.165, 1.54) is 12.0 Å². The van der Waals surface area contributed by atoms with Crippen molar-refractivity contribution in [2.24, 2.45) is 0 Å². The molecule has 0 aromatic heterocycles. The maximum Gasteiger partial charge on any atom is 0.340 e. The van der Waals surface area contributed by atoms with Gasteiger partial charge in [0.2, 0.25) is 0 Å². The Morgan fingerprint density at radius 2 is 1.75 bits per heavy atom. The van der Waals surface area contributed by atoms with Gasteiger partial charge in [0.25, 0.3) is 5.91 Å². The van der Waals surface area contributed by atoms with Gasteiger partial charge in [0.1, 0.15) is 5.75 Å². The van der Waals surface area contributed by atoms with Gasteiger partial charge in [0, 0.05) is 11.4 Å². The zero-order chi connectivity index (χ0) is 20.4. The number of halogens is 2. The predicted octanol–water partition coefficient (Wildman–Crippen LogP) is 4.88. The van der Waals surface area contributed by atoms with Crippen LogP contribution in [0.4, 0.5) is 5.69 Å². The third-order valence-electron chi connectivity index (χ3n) is 4.40. The quantitative estimate of drug-likeness (QED) is 0.525. The third kappa shape index (κ3) is 3.51. The van der Waals surface area contributed by atoms with Crippen LogP contribution in [0.3, 0.4) is 0 Å². The minimum absolute atomic E-state index is 0.180. The van der Waals surface area contributed by atoms with Gasteiger partial charge in [0.05, 0.1) is 35.4 Å². The fourth-order valence-electron chi connectivity index (χ4n) is 3.01. The number of rotatable bonds is 4. The van der Waals surface area contributed by atoms with E-state index in [1.54, 1.807) is 62.6 Å². The summed E-state index contributed by atoms with van der Waals surface area (Å²) in [6.45, 7) is 1.69. The molecule has 0 aliphatic carbocycles. The molecule has 0 saturated heterocycles. The highest BCUT2D eigenvalue weighted by Crippen LogP contribution is 2.37. The van der Waals surface area contributed by atoms with Gasteiger partial charge in [-0.25, -0.2) is 4.79 Å². The molecule has 28 heavy (non-hydrogen) atoms. The molecule has 3 rings (SSSR count). The summed E-state index contributed by atoms with van der Waals surface area (Å²) in [6, 6.07) is 12.0. The van der Waals surface area contributed by atoms with Crippen molar-refractivity contribution in [2.75, 3.05) is 19.1 Å². The van der Waals surface area contributed by atoms with E-state index in [2.05, 4.69) is 0 Å². The number of carbonyl (C=O) groups excluding carboxylic acids is 2. The van der Waals surface area contributed by atoms with E-state index in [0.717, 1.165) is 0 Å². The molecule has 1 aliphatic rings. The Labute approximate surface area is 172 Å². The minimum atomic E-state index is -0.605. The molecule has 5 nitrogen and oxygen atoms in total. The number of esters is 1. The molecule has 1 amide bonds. The molecule has 0 bridgehead atoms. The summed E-state index contributed by atoms with van der Waals surface area (Å²) < 4.78 is 10.1. The average Bonchev–Trinajstić information content (AvgIpc) is 2.94. The van der Waals surface area contributed by atoms with Gasteiger partial charge in [-0.15, -0.1) is 0 Å². The van der Waals surface area contributed by atoms with Crippen molar-refractivity contribution < 1.29 is 19.1 Å². The lowest BCUT2D eigenvalue weighted by Crippen LogP contribution is -2.24. The van der Waals surface area contributed by atoms with Crippen molar-refractivity contribution >= 4 is 46.8 Å². The molecule has 0 saturated carbocycles. The maximum absolute atomic E-state index is 13.2. The van der Waals surface area contributed by atoms with Crippen molar-refractivity contribution in [3.8, 4) is 5.75 Å². The first-order chi connectivity index (χ1) is 13.4. The van der Waals surface area contributed by atoms with Crippen molar-refractivity contribution in [1.82, 2.24) is 0 Å². The molecule has 0 atom stereocenters. The van der Waals surface area contributed by atoms with Crippen molar-refractivity contribution in [3.63, 3.8) is 0 Å². The average molecular weight is 418 g/mol. The van der Waals surface area contributed by atoms with Gasteiger partial charge < -0.3 is 9.47 Å². The number of anilines is 1. The first-order valence-electron chi connectivity index (χ1n) is 8.32. The highest BCUT2D eigenvalue weighted by Gasteiger charge is 2.38. The second kappa shape index (κ2) is 8.09. The molecule has 0 spiro atoms. The lowest BCUT2D eigenvalue weighted by molar-refractivity contribution is -0.136. The van der Waals surface area contributed by atoms with Crippen LogP contribution in [-0.4, -0.2) is 26.1 Å². The van der Waals surface area contributed by atoms with Gasteiger partial charge >= 0.3 is 5.97 Å². The molecule has 2 aromatic rings. The number of ether oxygens (including phenoxy) is 2. The van der Waals surface area contributed by atoms with Crippen LogP contribution in [-0.2, 0) is 14.3 Å². The number of nitrogens with zero attached hydrogens (tertiary/aromatic N) is 1. The summed E-state index contributed by atoms with van der Waals surface area (Å²) in [4.78, 5) is 27.1. The van der Waals surface area contributed by atoms with E-state index in [4.69, 9.17) is 32.7 Å². The van der Waals surface area contributed by atoms with Gasteiger partial charge in [-0.1, -0.05) is 35.3 Å². The Kier molecular flexibility index (Phi) is 5.77. The number of hydrogen-bond donors (Lipinski definition) is 0. The van der Waals surface area contributed by atoms with Crippen molar-refractivity contribution in [1.29, 1.82) is 0 Å². The SMILES string of the molecule is COC(=O)C1=C(C)N(c2ccc(OC)cc2)C(=O)C1=Cc1cccc(Cl)c1Cl. The number of hydrogen-bond acceptors (Lipinski definition) is 4. The summed E-state index contributed by atoms with van der Waals surface area (Å²) in [6.07, 6.45) is 1.55. The van der Waals surface area contributed by atoms with Crippen molar-refractivity contribution in [3.05, 3.63) is 74.9 Å². The number of allylic oxidation sites excluding steroid dienone is 1. The van der Waals surface area contributed by atoms with Gasteiger partial charge in [-0.3, -0.25) is 9.69 Å². The molecular weight excluding hydrogens is 401 g/mol. The molecule has 144 valence electrons. The van der Waals surface area contributed by atoms with Crippen LogP contribution < -0.4 is 9.64 Å². The van der Waals surface area contributed by atoms with Crippen LogP contribution in [0.25, 0.3) is 6.08 Å². The second-order valence-electron chi connectivity index (χ2n) is 5.99. The standard InChI is InChI=1S/C21H17Cl2NO4/c1-12-18(21(26)28-3)16(11-13-5-4-6-17(22)19(13)23)20(25)24(12)14-7-9-15(27-2)10-8-14/h4-11H,1-3H3. The van der Waals surface area contributed by atoms with Gasteiger partial charge in [0.15, 0.2) is 0 Å². The fourth-order valence-corrected chi connectivity index (χ4v) is 3.37. The Balaban J connectivity index is 2.14. The normalized spacial score (nSPS) is 15.4. The van der Waals surface area contributed by atoms with E-state index >= 15 is 0 Å². The monoisotopic (exact) mass is 417 g/mol. The Bertz CT molecular complexity index is 1010. The number of carbonyl (C=O) groups is 2. The molecule has 0 radical (unpaired) electrons. The van der Waals surface area contributed by atoms with Crippen LogP contribution in [0.15, 0.2) is 59.3 Å². The Morgan fingerprint density at radius 3 is 2.36 bits per heavy atom. The van der Waals surface area contributed by atoms with Gasteiger partial charge in [-0.05, 0) is 48.9 Å². The molecule has 2 aromatic carbocycles. The number of benzene rings is 2. The van der Waals surface area contributed by atoms with Gasteiger partial charge in [-0.2, -0.15) is 0 Å². The first-order valence-corrected chi connectivity index (χ1v) is 9.08. The fraction of sp³-hybridized carbons (Fsp3) is 0.143. The minimum Gasteiger partial charge on any atom is -0.497 e.